The average molecular weight is 203 g/mol. The first kappa shape index (κ1) is 9.45. The standard InChI is InChI=1S/C11H9NO3/c13-8-2-1-7-3-4-12-10(6-11(14)15)9(7)5-8/h1-5,13H,6H2,(H,14,15). The van der Waals surface area contributed by atoms with Crippen LogP contribution < -0.4 is 0 Å². The van der Waals surface area contributed by atoms with Crippen molar-refractivity contribution in [3.05, 3.63) is 36.2 Å². The Kier molecular flexibility index (Phi) is 2.25. The summed E-state index contributed by atoms with van der Waals surface area (Å²) in [6, 6.07) is 6.60. The normalized spacial score (nSPS) is 10.4. The number of hydrogen-bond donors (Lipinski definition) is 2. The summed E-state index contributed by atoms with van der Waals surface area (Å²) in [5, 5.41) is 19.6. The topological polar surface area (TPSA) is 70.4 Å². The maximum atomic E-state index is 10.6. The van der Waals surface area contributed by atoms with Crippen LogP contribution in [0.15, 0.2) is 30.5 Å². The van der Waals surface area contributed by atoms with Crippen molar-refractivity contribution in [3.8, 4) is 5.75 Å². The number of benzene rings is 1. The van der Waals surface area contributed by atoms with Gasteiger partial charge < -0.3 is 10.2 Å². The van der Waals surface area contributed by atoms with Gasteiger partial charge in [-0.15, -0.1) is 0 Å². The molecule has 1 aromatic carbocycles. The summed E-state index contributed by atoms with van der Waals surface area (Å²) in [5.74, 6) is -0.819. The lowest BCUT2D eigenvalue weighted by Crippen LogP contribution is -2.02. The maximum absolute atomic E-state index is 10.6. The molecule has 0 unspecified atom stereocenters. The Hall–Kier alpha value is -2.10. The van der Waals surface area contributed by atoms with E-state index in [1.165, 1.54) is 6.07 Å². The molecule has 0 spiro atoms. The number of aliphatic carboxylic acids is 1. The predicted octanol–water partition coefficient (Wildman–Crippen LogP) is 1.57. The number of rotatable bonds is 2. The lowest BCUT2D eigenvalue weighted by molar-refractivity contribution is -0.136. The van der Waals surface area contributed by atoms with Crippen molar-refractivity contribution in [1.82, 2.24) is 4.98 Å². The molecule has 0 bridgehead atoms. The number of pyridine rings is 1. The van der Waals surface area contributed by atoms with Crippen molar-refractivity contribution in [2.75, 3.05) is 0 Å². The average Bonchev–Trinajstić information content (AvgIpc) is 2.18. The van der Waals surface area contributed by atoms with Crippen LogP contribution in [0.4, 0.5) is 0 Å². The Morgan fingerprint density at radius 3 is 2.87 bits per heavy atom. The van der Waals surface area contributed by atoms with Crippen LogP contribution in [-0.2, 0) is 11.2 Å². The molecule has 15 heavy (non-hydrogen) atoms. The van der Waals surface area contributed by atoms with Gasteiger partial charge in [-0.3, -0.25) is 9.78 Å². The number of carboxylic acid groups (broad SMARTS) is 1. The first-order chi connectivity index (χ1) is 7.16. The van der Waals surface area contributed by atoms with E-state index in [0.29, 0.717) is 11.1 Å². The smallest absolute Gasteiger partial charge is 0.309 e. The fraction of sp³-hybridized carbons (Fsp3) is 0.0909. The molecule has 0 aliphatic carbocycles. The van der Waals surface area contributed by atoms with E-state index in [4.69, 9.17) is 5.11 Å². The molecule has 1 aromatic heterocycles. The minimum Gasteiger partial charge on any atom is -0.508 e. The zero-order valence-electron chi connectivity index (χ0n) is 7.84. The van der Waals surface area contributed by atoms with E-state index in [-0.39, 0.29) is 12.2 Å². The Morgan fingerprint density at radius 1 is 1.33 bits per heavy atom. The number of carbonyl (C=O) groups is 1. The molecule has 0 saturated heterocycles. The number of hydrogen-bond acceptors (Lipinski definition) is 3. The van der Waals surface area contributed by atoms with Crippen LogP contribution in [0.2, 0.25) is 0 Å². The van der Waals surface area contributed by atoms with Gasteiger partial charge in [0.05, 0.1) is 12.1 Å². The van der Waals surface area contributed by atoms with Crippen LogP contribution >= 0.6 is 0 Å². The molecule has 4 nitrogen and oxygen atoms in total. The molecule has 2 N–H and O–H groups in total. The second-order valence-electron chi connectivity index (χ2n) is 3.23. The van der Waals surface area contributed by atoms with Crippen molar-refractivity contribution < 1.29 is 15.0 Å². The number of aromatic nitrogens is 1. The predicted molar refractivity (Wildman–Crippen MR) is 54.7 cm³/mol. The highest BCUT2D eigenvalue weighted by Gasteiger charge is 2.07. The van der Waals surface area contributed by atoms with E-state index >= 15 is 0 Å². The van der Waals surface area contributed by atoms with Gasteiger partial charge in [0.15, 0.2) is 0 Å². The van der Waals surface area contributed by atoms with Crippen molar-refractivity contribution in [3.63, 3.8) is 0 Å². The number of nitrogens with zero attached hydrogens (tertiary/aromatic N) is 1. The van der Waals surface area contributed by atoms with Gasteiger partial charge in [0.1, 0.15) is 5.75 Å². The molecule has 2 rings (SSSR count). The third kappa shape index (κ3) is 1.88. The summed E-state index contributed by atoms with van der Waals surface area (Å²) >= 11 is 0. The second kappa shape index (κ2) is 3.57. The van der Waals surface area contributed by atoms with Crippen LogP contribution in [0.5, 0.6) is 5.75 Å². The molecule has 0 atom stereocenters. The van der Waals surface area contributed by atoms with Crippen LogP contribution in [0.25, 0.3) is 10.8 Å². The van der Waals surface area contributed by atoms with Gasteiger partial charge in [-0.05, 0) is 23.6 Å². The Bertz CT molecular complexity index is 522. The van der Waals surface area contributed by atoms with Crippen molar-refractivity contribution >= 4 is 16.7 Å². The number of phenolic OH excluding ortho intramolecular Hbond substituents is 1. The van der Waals surface area contributed by atoms with Crippen LogP contribution in [-0.4, -0.2) is 21.2 Å². The Labute approximate surface area is 85.8 Å². The van der Waals surface area contributed by atoms with Crippen molar-refractivity contribution in [1.29, 1.82) is 0 Å². The summed E-state index contributed by atoms with van der Waals surface area (Å²) in [4.78, 5) is 14.6. The lowest BCUT2D eigenvalue weighted by atomic mass is 10.1. The van der Waals surface area contributed by atoms with Crippen molar-refractivity contribution in [2.45, 2.75) is 6.42 Å². The number of carboxylic acids is 1. The molecule has 0 fully saturated rings. The fourth-order valence-electron chi connectivity index (χ4n) is 1.50. The van der Waals surface area contributed by atoms with E-state index in [1.807, 2.05) is 0 Å². The van der Waals surface area contributed by atoms with Gasteiger partial charge in [-0.25, -0.2) is 0 Å². The molecule has 0 aliphatic rings. The molecule has 0 aliphatic heterocycles. The first-order valence-electron chi connectivity index (χ1n) is 4.45. The molecule has 0 saturated carbocycles. The van der Waals surface area contributed by atoms with Crippen molar-refractivity contribution in [2.24, 2.45) is 0 Å². The number of aromatic hydroxyl groups is 1. The summed E-state index contributed by atoms with van der Waals surface area (Å²) in [6.07, 6.45) is 1.43. The molecule has 4 heteroatoms. The van der Waals surface area contributed by atoms with Crippen LogP contribution in [0.3, 0.4) is 0 Å². The second-order valence-corrected chi connectivity index (χ2v) is 3.23. The van der Waals surface area contributed by atoms with Gasteiger partial charge in [0.2, 0.25) is 0 Å². The molecule has 0 radical (unpaired) electrons. The summed E-state index contributed by atoms with van der Waals surface area (Å²) < 4.78 is 0. The highest BCUT2D eigenvalue weighted by Crippen LogP contribution is 2.22. The highest BCUT2D eigenvalue weighted by molar-refractivity contribution is 5.88. The minimum atomic E-state index is -0.932. The van der Waals surface area contributed by atoms with E-state index < -0.39 is 5.97 Å². The van der Waals surface area contributed by atoms with Crippen LogP contribution in [0, 0.1) is 0 Å². The molecular formula is C11H9NO3. The molecule has 1 heterocycles. The summed E-state index contributed by atoms with van der Waals surface area (Å²) in [5.41, 5.74) is 0.468. The first-order valence-corrected chi connectivity index (χ1v) is 4.45. The van der Waals surface area contributed by atoms with Gasteiger partial charge in [0.25, 0.3) is 0 Å². The zero-order chi connectivity index (χ0) is 10.8. The molecule has 0 amide bonds. The molecule has 2 aromatic rings. The Balaban J connectivity index is 2.63. The van der Waals surface area contributed by atoms with E-state index in [1.54, 1.807) is 24.4 Å². The van der Waals surface area contributed by atoms with E-state index in [2.05, 4.69) is 4.98 Å². The lowest BCUT2D eigenvalue weighted by Gasteiger charge is -2.03. The quantitative estimate of drug-likeness (QED) is 0.777. The van der Waals surface area contributed by atoms with E-state index in [0.717, 1.165) is 5.39 Å². The number of phenols is 1. The van der Waals surface area contributed by atoms with Gasteiger partial charge in [-0.1, -0.05) is 6.07 Å². The Morgan fingerprint density at radius 2 is 2.13 bits per heavy atom. The maximum Gasteiger partial charge on any atom is 0.309 e. The zero-order valence-corrected chi connectivity index (χ0v) is 7.84. The molecular weight excluding hydrogens is 194 g/mol. The third-order valence-electron chi connectivity index (χ3n) is 2.15. The van der Waals surface area contributed by atoms with Crippen LogP contribution in [0.1, 0.15) is 5.69 Å². The monoisotopic (exact) mass is 203 g/mol. The van der Waals surface area contributed by atoms with Gasteiger partial charge in [-0.2, -0.15) is 0 Å². The van der Waals surface area contributed by atoms with Gasteiger partial charge >= 0.3 is 5.97 Å². The van der Waals surface area contributed by atoms with Gasteiger partial charge in [0, 0.05) is 11.6 Å². The van der Waals surface area contributed by atoms with E-state index in [9.17, 15) is 9.90 Å². The number of fused-ring (bicyclic) bond motifs is 1. The summed E-state index contributed by atoms with van der Waals surface area (Å²) in [7, 11) is 0. The highest BCUT2D eigenvalue weighted by atomic mass is 16.4. The third-order valence-corrected chi connectivity index (χ3v) is 2.15. The largest absolute Gasteiger partial charge is 0.508 e. The SMILES string of the molecule is O=C(O)Cc1nccc2ccc(O)cc12. The molecule has 76 valence electrons. The minimum absolute atomic E-state index is 0.113. The summed E-state index contributed by atoms with van der Waals surface area (Å²) in [6.45, 7) is 0. The fourth-order valence-corrected chi connectivity index (χ4v) is 1.50.